The van der Waals surface area contributed by atoms with Crippen molar-refractivity contribution in [2.45, 2.75) is 0 Å². The first-order valence-corrected chi connectivity index (χ1v) is 6.22. The highest BCUT2D eigenvalue weighted by Gasteiger charge is 2.03. The molecule has 0 unspecified atom stereocenters. The molecule has 0 atom stereocenters. The monoisotopic (exact) mass is 224 g/mol. The maximum absolute atomic E-state index is 11.6. The van der Waals surface area contributed by atoms with E-state index in [0.717, 1.165) is 11.4 Å². The predicted molar refractivity (Wildman–Crippen MR) is 66.7 cm³/mol. The topological polar surface area (TPSA) is 41.1 Å². The number of carbonyl (C=O) groups is 1. The van der Waals surface area contributed by atoms with Crippen molar-refractivity contribution in [3.05, 3.63) is 29.8 Å². The Bertz CT molecular complexity index is 311. The zero-order valence-electron chi connectivity index (χ0n) is 9.04. The Kier molecular flexibility index (Phi) is 5.04. The molecule has 0 saturated heterocycles. The van der Waals surface area contributed by atoms with E-state index in [0.29, 0.717) is 12.1 Å². The van der Waals surface area contributed by atoms with E-state index in [1.54, 1.807) is 11.8 Å². The van der Waals surface area contributed by atoms with Crippen molar-refractivity contribution in [2.24, 2.45) is 0 Å². The highest BCUT2D eigenvalue weighted by Crippen LogP contribution is 2.08. The number of rotatable bonds is 5. The molecule has 15 heavy (non-hydrogen) atoms. The van der Waals surface area contributed by atoms with Gasteiger partial charge in [-0.2, -0.15) is 11.8 Å². The molecule has 0 fully saturated rings. The van der Waals surface area contributed by atoms with Crippen molar-refractivity contribution in [3.8, 4) is 0 Å². The van der Waals surface area contributed by atoms with Gasteiger partial charge in [0.05, 0.1) is 0 Å². The van der Waals surface area contributed by atoms with Crippen molar-refractivity contribution in [1.29, 1.82) is 0 Å². The number of nitrogens with one attached hydrogen (secondary N) is 2. The van der Waals surface area contributed by atoms with Gasteiger partial charge in [-0.15, -0.1) is 0 Å². The number of hydrogen-bond donors (Lipinski definition) is 2. The van der Waals surface area contributed by atoms with Crippen LogP contribution in [0.4, 0.5) is 5.69 Å². The molecule has 0 aliphatic heterocycles. The zero-order valence-corrected chi connectivity index (χ0v) is 9.86. The number of hydrogen-bond acceptors (Lipinski definition) is 3. The van der Waals surface area contributed by atoms with Crippen LogP contribution in [0.25, 0.3) is 0 Å². The number of amides is 1. The molecule has 2 N–H and O–H groups in total. The minimum absolute atomic E-state index is 0.00768. The molecule has 0 heterocycles. The summed E-state index contributed by atoms with van der Waals surface area (Å²) < 4.78 is 0. The Hall–Kier alpha value is -1.16. The van der Waals surface area contributed by atoms with Gasteiger partial charge in [-0.3, -0.25) is 4.79 Å². The summed E-state index contributed by atoms with van der Waals surface area (Å²) in [6, 6.07) is 7.42. The van der Waals surface area contributed by atoms with Crippen molar-refractivity contribution in [1.82, 2.24) is 5.32 Å². The molecule has 82 valence electrons. The number of thioether (sulfide) groups is 1. The van der Waals surface area contributed by atoms with E-state index >= 15 is 0 Å². The Balaban J connectivity index is 2.50. The highest BCUT2D eigenvalue weighted by molar-refractivity contribution is 7.98. The molecule has 0 saturated carbocycles. The smallest absolute Gasteiger partial charge is 0.251 e. The fraction of sp³-hybridized carbons (Fsp3) is 0.364. The fourth-order valence-electron chi connectivity index (χ4n) is 1.16. The van der Waals surface area contributed by atoms with Gasteiger partial charge in [0.2, 0.25) is 0 Å². The molecular formula is C11H16N2OS. The summed E-state index contributed by atoms with van der Waals surface area (Å²) in [5, 5.41) is 5.87. The van der Waals surface area contributed by atoms with Gasteiger partial charge in [0.15, 0.2) is 0 Å². The molecular weight excluding hydrogens is 208 g/mol. The van der Waals surface area contributed by atoms with Crippen molar-refractivity contribution in [2.75, 3.05) is 30.9 Å². The number of carbonyl (C=O) groups excluding carboxylic acids is 1. The van der Waals surface area contributed by atoms with E-state index in [1.165, 1.54) is 0 Å². The summed E-state index contributed by atoms with van der Waals surface area (Å²) in [4.78, 5) is 11.6. The Morgan fingerprint density at radius 2 is 2.00 bits per heavy atom. The lowest BCUT2D eigenvalue weighted by molar-refractivity contribution is 0.0956. The molecule has 3 nitrogen and oxygen atoms in total. The lowest BCUT2D eigenvalue weighted by atomic mass is 10.2. The van der Waals surface area contributed by atoms with Gasteiger partial charge in [0, 0.05) is 30.6 Å². The summed E-state index contributed by atoms with van der Waals surface area (Å²) in [6.45, 7) is 0.716. The fourth-order valence-corrected chi connectivity index (χ4v) is 1.46. The van der Waals surface area contributed by atoms with E-state index in [2.05, 4.69) is 10.6 Å². The van der Waals surface area contributed by atoms with Gasteiger partial charge in [-0.1, -0.05) is 0 Å². The molecule has 0 spiro atoms. The third-order valence-corrected chi connectivity index (χ3v) is 2.64. The lowest BCUT2D eigenvalue weighted by Gasteiger charge is -2.05. The second-order valence-corrected chi connectivity index (χ2v) is 4.06. The van der Waals surface area contributed by atoms with E-state index in [1.807, 2.05) is 37.6 Å². The van der Waals surface area contributed by atoms with Gasteiger partial charge >= 0.3 is 0 Å². The van der Waals surface area contributed by atoms with E-state index < -0.39 is 0 Å². The van der Waals surface area contributed by atoms with Gasteiger partial charge in [0.1, 0.15) is 0 Å². The second kappa shape index (κ2) is 6.35. The molecule has 0 aromatic heterocycles. The van der Waals surface area contributed by atoms with Crippen LogP contribution < -0.4 is 10.6 Å². The standard InChI is InChI=1S/C11H16N2OS/c1-12-10-5-3-9(4-6-10)11(14)13-7-8-15-2/h3-6,12H,7-8H2,1-2H3,(H,13,14). The molecule has 4 heteroatoms. The van der Waals surface area contributed by atoms with Crippen LogP contribution in [-0.4, -0.2) is 31.5 Å². The maximum atomic E-state index is 11.6. The first-order valence-electron chi connectivity index (χ1n) is 4.83. The average Bonchev–Trinajstić information content (AvgIpc) is 2.29. The predicted octanol–water partition coefficient (Wildman–Crippen LogP) is 1.82. The third kappa shape index (κ3) is 3.83. The van der Waals surface area contributed by atoms with Crippen molar-refractivity contribution >= 4 is 23.4 Å². The number of anilines is 1. The lowest BCUT2D eigenvalue weighted by Crippen LogP contribution is -2.25. The summed E-state index contributed by atoms with van der Waals surface area (Å²) >= 11 is 1.72. The first kappa shape index (κ1) is 11.9. The maximum Gasteiger partial charge on any atom is 0.251 e. The van der Waals surface area contributed by atoms with Crippen LogP contribution in [0, 0.1) is 0 Å². The van der Waals surface area contributed by atoms with Crippen molar-refractivity contribution < 1.29 is 4.79 Å². The van der Waals surface area contributed by atoms with Gasteiger partial charge in [-0.05, 0) is 30.5 Å². The van der Waals surface area contributed by atoms with Crippen LogP contribution in [0.3, 0.4) is 0 Å². The Morgan fingerprint density at radius 3 is 2.53 bits per heavy atom. The largest absolute Gasteiger partial charge is 0.388 e. The SMILES string of the molecule is CNc1ccc(C(=O)NCCSC)cc1. The molecule has 0 aliphatic rings. The van der Waals surface area contributed by atoms with Crippen LogP contribution in [0.5, 0.6) is 0 Å². The normalized spacial score (nSPS) is 9.73. The second-order valence-electron chi connectivity index (χ2n) is 3.08. The third-order valence-electron chi connectivity index (χ3n) is 2.03. The van der Waals surface area contributed by atoms with Crippen LogP contribution in [0.2, 0.25) is 0 Å². The molecule has 1 aromatic carbocycles. The summed E-state index contributed by atoms with van der Waals surface area (Å²) in [5.74, 6) is 0.937. The van der Waals surface area contributed by atoms with Crippen LogP contribution in [0.1, 0.15) is 10.4 Å². The van der Waals surface area contributed by atoms with Crippen molar-refractivity contribution in [3.63, 3.8) is 0 Å². The minimum atomic E-state index is -0.00768. The van der Waals surface area contributed by atoms with E-state index in [9.17, 15) is 4.79 Å². The van der Waals surface area contributed by atoms with Gasteiger partial charge in [-0.25, -0.2) is 0 Å². The van der Waals surface area contributed by atoms with Gasteiger partial charge in [0.25, 0.3) is 5.91 Å². The summed E-state index contributed by atoms with van der Waals surface area (Å²) in [7, 11) is 1.85. The molecule has 0 radical (unpaired) electrons. The molecule has 0 aliphatic carbocycles. The zero-order chi connectivity index (χ0) is 11.1. The first-order chi connectivity index (χ1) is 7.27. The molecule has 1 aromatic rings. The summed E-state index contributed by atoms with van der Waals surface area (Å²) in [6.07, 6.45) is 2.02. The Labute approximate surface area is 94.6 Å². The minimum Gasteiger partial charge on any atom is -0.388 e. The highest BCUT2D eigenvalue weighted by atomic mass is 32.2. The summed E-state index contributed by atoms with van der Waals surface area (Å²) in [5.41, 5.74) is 1.71. The molecule has 1 amide bonds. The van der Waals surface area contributed by atoms with Crippen LogP contribution in [0.15, 0.2) is 24.3 Å². The van der Waals surface area contributed by atoms with E-state index in [4.69, 9.17) is 0 Å². The van der Waals surface area contributed by atoms with Gasteiger partial charge < -0.3 is 10.6 Å². The quantitative estimate of drug-likeness (QED) is 0.750. The Morgan fingerprint density at radius 1 is 1.33 bits per heavy atom. The van der Waals surface area contributed by atoms with E-state index in [-0.39, 0.29) is 5.91 Å². The molecule has 0 bridgehead atoms. The molecule has 1 rings (SSSR count). The number of benzene rings is 1. The average molecular weight is 224 g/mol. The van der Waals surface area contributed by atoms with Crippen LogP contribution in [-0.2, 0) is 0 Å². The van der Waals surface area contributed by atoms with Crippen LogP contribution >= 0.6 is 11.8 Å².